The van der Waals surface area contributed by atoms with Crippen molar-refractivity contribution in [1.82, 2.24) is 9.97 Å². The Morgan fingerprint density at radius 3 is 2.84 bits per heavy atom. The number of aromatic nitrogens is 2. The number of furan rings is 1. The van der Waals surface area contributed by atoms with Gasteiger partial charge in [0.1, 0.15) is 11.3 Å². The van der Waals surface area contributed by atoms with Crippen LogP contribution in [0.1, 0.15) is 16.8 Å². The highest BCUT2D eigenvalue weighted by molar-refractivity contribution is 5.94. The Hall–Kier alpha value is -2.76. The Labute approximate surface area is 144 Å². The van der Waals surface area contributed by atoms with Gasteiger partial charge in [0, 0.05) is 18.1 Å². The molecule has 0 aliphatic rings. The number of fused-ring (bicyclic) bond motifs is 2. The van der Waals surface area contributed by atoms with Crippen LogP contribution in [-0.4, -0.2) is 22.2 Å². The van der Waals surface area contributed by atoms with Crippen LogP contribution in [0.4, 0.5) is 0 Å². The smallest absolute Gasteiger partial charge is 0.137 e. The summed E-state index contributed by atoms with van der Waals surface area (Å²) in [5, 5.41) is 10.3. The highest BCUT2D eigenvalue weighted by Crippen LogP contribution is 2.33. The summed E-state index contributed by atoms with van der Waals surface area (Å²) in [6.07, 6.45) is 1.73. The Balaban J connectivity index is 1.90. The second-order valence-electron chi connectivity index (χ2n) is 6.12. The monoisotopic (exact) mass is 334 g/mol. The molecule has 0 atom stereocenters. The number of hydrogen-bond acceptors (Lipinski definition) is 5. The molecule has 126 valence electrons. The average molecular weight is 334 g/mol. The lowest BCUT2D eigenvalue weighted by atomic mass is 10.1. The fourth-order valence-corrected chi connectivity index (χ4v) is 3.03. The van der Waals surface area contributed by atoms with Gasteiger partial charge < -0.3 is 14.3 Å². The van der Waals surface area contributed by atoms with Crippen LogP contribution >= 0.6 is 0 Å². The zero-order valence-electron chi connectivity index (χ0n) is 14.1. The first-order chi connectivity index (χ1) is 12.2. The van der Waals surface area contributed by atoms with Crippen molar-refractivity contribution in [3.05, 3.63) is 59.4 Å². The van der Waals surface area contributed by atoms with E-state index in [4.69, 9.17) is 9.15 Å². The van der Waals surface area contributed by atoms with Crippen molar-refractivity contribution in [2.75, 3.05) is 7.11 Å². The van der Waals surface area contributed by atoms with Crippen LogP contribution in [0.5, 0.6) is 0 Å². The topological polar surface area (TPSA) is 68.4 Å². The first-order valence-electron chi connectivity index (χ1n) is 8.07. The minimum absolute atomic E-state index is 0.0115. The SMILES string of the molecule is COCc1cnc2c(-c3cc4cc(CO)ccc4o3)cc(C)cc2n1. The molecule has 0 amide bonds. The number of aliphatic hydroxyl groups is 1. The van der Waals surface area contributed by atoms with Gasteiger partial charge in [-0.1, -0.05) is 6.07 Å². The molecule has 0 bridgehead atoms. The molecule has 5 heteroatoms. The molecule has 1 N–H and O–H groups in total. The number of hydrogen-bond donors (Lipinski definition) is 1. The Kier molecular flexibility index (Phi) is 3.95. The maximum Gasteiger partial charge on any atom is 0.137 e. The van der Waals surface area contributed by atoms with Gasteiger partial charge in [0.05, 0.1) is 36.1 Å². The maximum absolute atomic E-state index is 9.31. The number of aryl methyl sites for hydroxylation is 1. The minimum Gasteiger partial charge on any atom is -0.456 e. The minimum atomic E-state index is 0.0115. The third-order valence-electron chi connectivity index (χ3n) is 4.16. The number of methoxy groups -OCH3 is 1. The van der Waals surface area contributed by atoms with Gasteiger partial charge in [-0.3, -0.25) is 4.98 Å². The van der Waals surface area contributed by atoms with Crippen molar-refractivity contribution < 1.29 is 14.3 Å². The maximum atomic E-state index is 9.31. The molecular formula is C20H18N2O3. The van der Waals surface area contributed by atoms with Crippen molar-refractivity contribution >= 4 is 22.0 Å². The van der Waals surface area contributed by atoms with E-state index in [2.05, 4.69) is 16.0 Å². The van der Waals surface area contributed by atoms with Gasteiger partial charge in [0.2, 0.25) is 0 Å². The van der Waals surface area contributed by atoms with Crippen LogP contribution in [0.2, 0.25) is 0 Å². The van der Waals surface area contributed by atoms with Gasteiger partial charge in [0.15, 0.2) is 0 Å². The number of ether oxygens (including phenoxy) is 1. The Morgan fingerprint density at radius 1 is 1.16 bits per heavy atom. The summed E-state index contributed by atoms with van der Waals surface area (Å²) in [7, 11) is 1.64. The molecule has 2 aromatic heterocycles. The van der Waals surface area contributed by atoms with Gasteiger partial charge in [-0.25, -0.2) is 4.98 Å². The number of nitrogens with zero attached hydrogens (tertiary/aromatic N) is 2. The van der Waals surface area contributed by atoms with Crippen molar-refractivity contribution in [3.63, 3.8) is 0 Å². The van der Waals surface area contributed by atoms with Gasteiger partial charge >= 0.3 is 0 Å². The summed E-state index contributed by atoms with van der Waals surface area (Å²) >= 11 is 0. The Bertz CT molecular complexity index is 1070. The molecule has 0 radical (unpaired) electrons. The first kappa shape index (κ1) is 15.7. The second kappa shape index (κ2) is 6.27. The largest absolute Gasteiger partial charge is 0.456 e. The van der Waals surface area contributed by atoms with E-state index >= 15 is 0 Å². The van der Waals surface area contributed by atoms with Gasteiger partial charge in [-0.2, -0.15) is 0 Å². The van der Waals surface area contributed by atoms with Crippen LogP contribution < -0.4 is 0 Å². The fourth-order valence-electron chi connectivity index (χ4n) is 3.03. The van der Waals surface area contributed by atoms with E-state index < -0.39 is 0 Å². The molecule has 0 aliphatic carbocycles. The first-order valence-corrected chi connectivity index (χ1v) is 8.07. The van der Waals surface area contributed by atoms with Gasteiger partial charge in [0.25, 0.3) is 0 Å². The lowest BCUT2D eigenvalue weighted by Crippen LogP contribution is -1.96. The third-order valence-corrected chi connectivity index (χ3v) is 4.16. The van der Waals surface area contributed by atoms with E-state index in [1.165, 1.54) is 0 Å². The second-order valence-corrected chi connectivity index (χ2v) is 6.12. The van der Waals surface area contributed by atoms with Crippen molar-refractivity contribution in [3.8, 4) is 11.3 Å². The Morgan fingerprint density at radius 2 is 2.04 bits per heavy atom. The normalized spacial score (nSPS) is 11.5. The van der Waals surface area contributed by atoms with E-state index in [1.54, 1.807) is 13.3 Å². The molecule has 0 unspecified atom stereocenters. The molecule has 25 heavy (non-hydrogen) atoms. The number of aliphatic hydroxyl groups excluding tert-OH is 1. The van der Waals surface area contributed by atoms with E-state index in [0.717, 1.165) is 50.1 Å². The standard InChI is InChI=1S/C20H18N2O3/c1-12-5-16(20-17(6-12)22-15(9-21-20)11-24-2)19-8-14-7-13(10-23)3-4-18(14)25-19/h3-9,23H,10-11H2,1-2H3. The summed E-state index contributed by atoms with van der Waals surface area (Å²) in [4.78, 5) is 9.21. The zero-order chi connectivity index (χ0) is 17.4. The summed E-state index contributed by atoms with van der Waals surface area (Å²) in [6.45, 7) is 2.47. The molecule has 0 saturated heterocycles. The number of rotatable bonds is 4. The van der Waals surface area contributed by atoms with Crippen molar-refractivity contribution in [2.45, 2.75) is 20.1 Å². The predicted molar refractivity (Wildman–Crippen MR) is 96.1 cm³/mol. The summed E-state index contributed by atoms with van der Waals surface area (Å²) in [5.74, 6) is 0.743. The van der Waals surface area contributed by atoms with Crippen LogP contribution in [0, 0.1) is 6.92 Å². The fraction of sp³-hybridized carbons (Fsp3) is 0.200. The van der Waals surface area contributed by atoms with Crippen LogP contribution in [0.25, 0.3) is 33.3 Å². The molecule has 0 aliphatic heterocycles. The molecule has 0 saturated carbocycles. The lowest BCUT2D eigenvalue weighted by molar-refractivity contribution is 0.181. The molecule has 4 rings (SSSR count). The predicted octanol–water partition coefficient (Wildman–Crippen LogP) is 3.99. The zero-order valence-corrected chi connectivity index (χ0v) is 14.1. The number of benzene rings is 2. The van der Waals surface area contributed by atoms with Gasteiger partial charge in [-0.05, 0) is 48.4 Å². The molecular weight excluding hydrogens is 316 g/mol. The van der Waals surface area contributed by atoms with Crippen LogP contribution in [0.3, 0.4) is 0 Å². The van der Waals surface area contributed by atoms with E-state index in [9.17, 15) is 5.11 Å². The highest BCUT2D eigenvalue weighted by atomic mass is 16.5. The molecule has 0 spiro atoms. The molecule has 2 aromatic carbocycles. The van der Waals surface area contributed by atoms with E-state index in [-0.39, 0.29) is 6.61 Å². The van der Waals surface area contributed by atoms with Gasteiger partial charge in [-0.15, -0.1) is 0 Å². The highest BCUT2D eigenvalue weighted by Gasteiger charge is 2.13. The van der Waals surface area contributed by atoms with Crippen LogP contribution in [0.15, 0.2) is 47.0 Å². The third kappa shape index (κ3) is 2.88. The van der Waals surface area contributed by atoms with Crippen LogP contribution in [-0.2, 0) is 18.0 Å². The molecule has 0 fully saturated rings. The van der Waals surface area contributed by atoms with Crippen molar-refractivity contribution in [2.24, 2.45) is 0 Å². The average Bonchev–Trinajstić information content (AvgIpc) is 3.03. The molecule has 2 heterocycles. The van der Waals surface area contributed by atoms with E-state index in [1.807, 2.05) is 37.3 Å². The molecule has 5 nitrogen and oxygen atoms in total. The summed E-state index contributed by atoms with van der Waals surface area (Å²) in [6, 6.07) is 11.7. The summed E-state index contributed by atoms with van der Waals surface area (Å²) in [5.41, 5.74) is 6.05. The molecule has 4 aromatic rings. The van der Waals surface area contributed by atoms with Crippen molar-refractivity contribution in [1.29, 1.82) is 0 Å². The van der Waals surface area contributed by atoms with E-state index in [0.29, 0.717) is 6.61 Å². The summed E-state index contributed by atoms with van der Waals surface area (Å²) < 4.78 is 11.2. The lowest BCUT2D eigenvalue weighted by Gasteiger charge is -2.06. The quantitative estimate of drug-likeness (QED) is 0.611.